The van der Waals surface area contributed by atoms with Crippen molar-refractivity contribution in [2.24, 2.45) is 0 Å². The highest BCUT2D eigenvalue weighted by molar-refractivity contribution is 6.01. The van der Waals surface area contributed by atoms with E-state index in [4.69, 9.17) is 13.9 Å². The molecule has 9 heteroatoms. The van der Waals surface area contributed by atoms with Gasteiger partial charge in [-0.1, -0.05) is 6.07 Å². The second-order valence-electron chi connectivity index (χ2n) is 6.30. The highest BCUT2D eigenvalue weighted by Gasteiger charge is 2.12. The van der Waals surface area contributed by atoms with Gasteiger partial charge < -0.3 is 19.2 Å². The van der Waals surface area contributed by atoms with Gasteiger partial charge in [-0.3, -0.25) is 4.79 Å². The first-order valence-corrected chi connectivity index (χ1v) is 9.30. The van der Waals surface area contributed by atoms with Gasteiger partial charge in [-0.05, 0) is 42.0 Å². The van der Waals surface area contributed by atoms with Crippen molar-refractivity contribution in [3.8, 4) is 28.9 Å². The third kappa shape index (κ3) is 4.61. The molecule has 4 rings (SSSR count). The topological polar surface area (TPSA) is 104 Å². The molecule has 4 aromatic rings. The maximum Gasteiger partial charge on any atom is 0.249 e. The van der Waals surface area contributed by atoms with Crippen molar-refractivity contribution < 1.29 is 18.7 Å². The smallest absolute Gasteiger partial charge is 0.249 e. The molecule has 0 aliphatic carbocycles. The summed E-state index contributed by atoms with van der Waals surface area (Å²) in [7, 11) is 3.12. The van der Waals surface area contributed by atoms with Crippen LogP contribution in [0.15, 0.2) is 71.6 Å². The summed E-state index contributed by atoms with van der Waals surface area (Å²) in [5.41, 5.74) is 0.781. The Hall–Kier alpha value is -4.40. The minimum absolute atomic E-state index is 0.314. The number of aromatic nitrogens is 4. The number of amides is 1. The molecule has 3 heterocycles. The van der Waals surface area contributed by atoms with E-state index in [1.165, 1.54) is 12.3 Å². The van der Waals surface area contributed by atoms with Gasteiger partial charge in [-0.2, -0.15) is 5.10 Å². The van der Waals surface area contributed by atoms with Crippen molar-refractivity contribution in [1.29, 1.82) is 0 Å². The van der Waals surface area contributed by atoms with E-state index in [0.717, 1.165) is 5.56 Å². The Bertz CT molecular complexity index is 1150. The Kier molecular flexibility index (Phi) is 5.75. The van der Waals surface area contributed by atoms with Gasteiger partial charge in [0.05, 0.1) is 20.5 Å². The number of ether oxygens (including phenoxy) is 2. The van der Waals surface area contributed by atoms with Crippen LogP contribution in [0.5, 0.6) is 11.5 Å². The Labute approximate surface area is 178 Å². The van der Waals surface area contributed by atoms with Crippen LogP contribution in [0.25, 0.3) is 23.5 Å². The molecule has 31 heavy (non-hydrogen) atoms. The SMILES string of the molecule is COc1ccc(/C=C/C(=O)Nc2cc(-n3cccn3)nc(-c3ccco3)n2)cc1OC. The second-order valence-corrected chi connectivity index (χ2v) is 6.30. The predicted molar refractivity (Wildman–Crippen MR) is 114 cm³/mol. The molecule has 0 aliphatic heterocycles. The van der Waals surface area contributed by atoms with Crippen LogP contribution in [0.2, 0.25) is 0 Å². The number of nitrogens with one attached hydrogen (secondary N) is 1. The molecular weight excluding hydrogens is 398 g/mol. The first-order chi connectivity index (χ1) is 15.2. The lowest BCUT2D eigenvalue weighted by molar-refractivity contribution is -0.111. The summed E-state index contributed by atoms with van der Waals surface area (Å²) in [4.78, 5) is 21.3. The summed E-state index contributed by atoms with van der Waals surface area (Å²) in [6, 6.07) is 12.3. The van der Waals surface area contributed by atoms with Gasteiger partial charge in [0.2, 0.25) is 5.91 Å². The number of nitrogens with zero attached hydrogens (tertiary/aromatic N) is 4. The van der Waals surface area contributed by atoms with Crippen LogP contribution in [0.1, 0.15) is 5.56 Å². The second kappa shape index (κ2) is 8.95. The first kappa shape index (κ1) is 19.9. The Morgan fingerprint density at radius 1 is 1.10 bits per heavy atom. The van der Waals surface area contributed by atoms with Gasteiger partial charge in [0.25, 0.3) is 0 Å². The molecule has 0 bridgehead atoms. The zero-order valence-corrected chi connectivity index (χ0v) is 16.9. The van der Waals surface area contributed by atoms with E-state index >= 15 is 0 Å². The van der Waals surface area contributed by atoms with E-state index in [-0.39, 0.29) is 5.91 Å². The van der Waals surface area contributed by atoms with Crippen LogP contribution < -0.4 is 14.8 Å². The van der Waals surface area contributed by atoms with E-state index in [9.17, 15) is 4.79 Å². The van der Waals surface area contributed by atoms with E-state index in [1.807, 2.05) is 6.07 Å². The molecule has 1 aromatic carbocycles. The number of furan rings is 1. The number of carbonyl (C=O) groups is 1. The maximum absolute atomic E-state index is 12.5. The number of hydrogen-bond acceptors (Lipinski definition) is 7. The number of hydrogen-bond donors (Lipinski definition) is 1. The minimum atomic E-state index is -0.356. The average Bonchev–Trinajstić information content (AvgIpc) is 3.52. The molecular formula is C22H19N5O4. The Balaban J connectivity index is 1.57. The summed E-state index contributed by atoms with van der Waals surface area (Å²) < 4.78 is 17.5. The number of carbonyl (C=O) groups excluding carboxylic acids is 1. The van der Waals surface area contributed by atoms with E-state index in [0.29, 0.717) is 34.7 Å². The lowest BCUT2D eigenvalue weighted by atomic mass is 10.2. The van der Waals surface area contributed by atoms with Gasteiger partial charge in [0.1, 0.15) is 5.82 Å². The van der Waals surface area contributed by atoms with E-state index < -0.39 is 0 Å². The molecule has 0 atom stereocenters. The molecule has 0 saturated heterocycles. The Morgan fingerprint density at radius 2 is 1.97 bits per heavy atom. The monoisotopic (exact) mass is 417 g/mol. The van der Waals surface area contributed by atoms with Crippen LogP contribution in [-0.2, 0) is 4.79 Å². The number of methoxy groups -OCH3 is 2. The van der Waals surface area contributed by atoms with Gasteiger partial charge >= 0.3 is 0 Å². The third-order valence-corrected chi connectivity index (χ3v) is 4.28. The van der Waals surface area contributed by atoms with Crippen molar-refractivity contribution in [2.45, 2.75) is 0 Å². The van der Waals surface area contributed by atoms with Gasteiger partial charge in [0, 0.05) is 24.5 Å². The van der Waals surface area contributed by atoms with Gasteiger partial charge in [0.15, 0.2) is 28.9 Å². The van der Waals surface area contributed by atoms with Gasteiger partial charge in [-0.25, -0.2) is 14.6 Å². The standard InChI is InChI=1S/C22H19N5O4/c1-29-16-8-6-15(13-18(16)30-2)7-9-21(28)24-19-14-20(27-11-4-10-23-27)26-22(25-19)17-5-3-12-31-17/h3-14H,1-2H3,(H,24,25,26,28)/b9-7+. The van der Waals surface area contributed by atoms with Crippen LogP contribution in [0.4, 0.5) is 5.82 Å². The highest BCUT2D eigenvalue weighted by Crippen LogP contribution is 2.28. The molecule has 0 spiro atoms. The zero-order valence-electron chi connectivity index (χ0n) is 16.9. The quantitative estimate of drug-likeness (QED) is 0.458. The maximum atomic E-state index is 12.5. The van der Waals surface area contributed by atoms with Crippen LogP contribution in [0.3, 0.4) is 0 Å². The first-order valence-electron chi connectivity index (χ1n) is 9.30. The fraction of sp³-hybridized carbons (Fsp3) is 0.0909. The molecule has 3 aromatic heterocycles. The van der Waals surface area contributed by atoms with Crippen molar-refractivity contribution in [3.05, 3.63) is 72.8 Å². The molecule has 1 N–H and O–H groups in total. The summed E-state index contributed by atoms with van der Waals surface area (Å²) in [5, 5.41) is 6.94. The summed E-state index contributed by atoms with van der Waals surface area (Å²) in [6.45, 7) is 0. The molecule has 0 unspecified atom stereocenters. The van der Waals surface area contributed by atoms with Crippen molar-refractivity contribution in [1.82, 2.24) is 19.7 Å². The van der Waals surface area contributed by atoms with Crippen molar-refractivity contribution >= 4 is 17.8 Å². The number of anilines is 1. The summed E-state index contributed by atoms with van der Waals surface area (Å²) in [5.74, 6) is 2.45. The predicted octanol–water partition coefficient (Wildman–Crippen LogP) is 3.59. The largest absolute Gasteiger partial charge is 0.493 e. The average molecular weight is 417 g/mol. The molecule has 0 fully saturated rings. The zero-order chi connectivity index (χ0) is 21.6. The van der Waals surface area contributed by atoms with Crippen LogP contribution >= 0.6 is 0 Å². The molecule has 156 valence electrons. The lowest BCUT2D eigenvalue weighted by Gasteiger charge is -2.08. The van der Waals surface area contributed by atoms with Crippen LogP contribution in [0, 0.1) is 0 Å². The third-order valence-electron chi connectivity index (χ3n) is 4.28. The minimum Gasteiger partial charge on any atom is -0.493 e. The summed E-state index contributed by atoms with van der Waals surface area (Å²) >= 11 is 0. The number of benzene rings is 1. The fourth-order valence-corrected chi connectivity index (χ4v) is 2.83. The molecule has 1 amide bonds. The summed E-state index contributed by atoms with van der Waals surface area (Å²) in [6.07, 6.45) is 7.99. The highest BCUT2D eigenvalue weighted by atomic mass is 16.5. The number of rotatable bonds is 7. The molecule has 0 radical (unpaired) electrons. The fourth-order valence-electron chi connectivity index (χ4n) is 2.83. The van der Waals surface area contributed by atoms with E-state index in [2.05, 4.69) is 20.4 Å². The molecule has 0 aliphatic rings. The lowest BCUT2D eigenvalue weighted by Crippen LogP contribution is -2.11. The molecule has 0 saturated carbocycles. The van der Waals surface area contributed by atoms with Crippen LogP contribution in [-0.4, -0.2) is 39.9 Å². The molecule has 9 nitrogen and oxygen atoms in total. The Morgan fingerprint density at radius 3 is 2.68 bits per heavy atom. The van der Waals surface area contributed by atoms with E-state index in [1.54, 1.807) is 73.8 Å². The van der Waals surface area contributed by atoms with Crippen molar-refractivity contribution in [2.75, 3.05) is 19.5 Å². The van der Waals surface area contributed by atoms with Gasteiger partial charge in [-0.15, -0.1) is 0 Å². The van der Waals surface area contributed by atoms with Crippen molar-refractivity contribution in [3.63, 3.8) is 0 Å². The normalized spacial score (nSPS) is 10.9.